The minimum atomic E-state index is -3.58. The van der Waals surface area contributed by atoms with Gasteiger partial charge in [0.15, 0.2) is 0 Å². The van der Waals surface area contributed by atoms with Gasteiger partial charge in [-0.1, -0.05) is 24.4 Å². The first kappa shape index (κ1) is 13.6. The monoisotopic (exact) mass is 290 g/mol. The summed E-state index contributed by atoms with van der Waals surface area (Å²) >= 11 is 5.66. The van der Waals surface area contributed by atoms with Crippen LogP contribution in [-0.2, 0) is 10.0 Å². The molecule has 18 heavy (non-hydrogen) atoms. The Hall–Kier alpha value is -0.850. The van der Waals surface area contributed by atoms with E-state index in [2.05, 4.69) is 4.98 Å². The molecule has 0 amide bonds. The molecule has 0 aromatic carbocycles. The van der Waals surface area contributed by atoms with Gasteiger partial charge in [-0.3, -0.25) is 4.79 Å². The van der Waals surface area contributed by atoms with Gasteiger partial charge >= 0.3 is 0 Å². The molecule has 0 unspecified atom stereocenters. The Labute approximate surface area is 111 Å². The number of hydrogen-bond acceptors (Lipinski definition) is 3. The molecule has 1 fully saturated rings. The van der Waals surface area contributed by atoms with Crippen molar-refractivity contribution in [3.8, 4) is 0 Å². The summed E-state index contributed by atoms with van der Waals surface area (Å²) in [7, 11) is -2.01. The lowest BCUT2D eigenvalue weighted by Gasteiger charge is -2.23. The molecule has 1 aliphatic carbocycles. The second kappa shape index (κ2) is 5.03. The molecule has 100 valence electrons. The van der Waals surface area contributed by atoms with Crippen molar-refractivity contribution in [3.05, 3.63) is 27.6 Å². The lowest BCUT2D eigenvalue weighted by Crippen LogP contribution is -2.35. The second-order valence-electron chi connectivity index (χ2n) is 4.47. The van der Waals surface area contributed by atoms with Crippen molar-refractivity contribution in [2.75, 3.05) is 7.05 Å². The van der Waals surface area contributed by atoms with Crippen LogP contribution >= 0.6 is 11.6 Å². The van der Waals surface area contributed by atoms with Crippen molar-refractivity contribution >= 4 is 21.6 Å². The van der Waals surface area contributed by atoms with Crippen LogP contribution in [0.1, 0.15) is 25.7 Å². The molecule has 0 radical (unpaired) electrons. The zero-order valence-corrected chi connectivity index (χ0v) is 11.6. The zero-order valence-electron chi connectivity index (χ0n) is 10.0. The summed E-state index contributed by atoms with van der Waals surface area (Å²) in [4.78, 5) is 13.5. The van der Waals surface area contributed by atoms with Gasteiger partial charge in [-0.15, -0.1) is 0 Å². The molecule has 0 saturated heterocycles. The molecule has 1 aromatic rings. The van der Waals surface area contributed by atoms with Crippen molar-refractivity contribution in [1.82, 2.24) is 9.29 Å². The van der Waals surface area contributed by atoms with E-state index in [4.69, 9.17) is 11.6 Å². The highest BCUT2D eigenvalue weighted by molar-refractivity contribution is 7.89. The van der Waals surface area contributed by atoms with E-state index in [-0.39, 0.29) is 16.0 Å². The van der Waals surface area contributed by atoms with Gasteiger partial charge in [-0.2, -0.15) is 4.31 Å². The fourth-order valence-corrected chi connectivity index (χ4v) is 3.86. The average molecular weight is 291 g/mol. The molecule has 5 nitrogen and oxygen atoms in total. The van der Waals surface area contributed by atoms with Crippen LogP contribution in [0.5, 0.6) is 0 Å². The van der Waals surface area contributed by atoms with Gasteiger partial charge < -0.3 is 4.98 Å². The van der Waals surface area contributed by atoms with Crippen LogP contribution in [0.2, 0.25) is 5.02 Å². The molecule has 7 heteroatoms. The van der Waals surface area contributed by atoms with Crippen LogP contribution in [0.3, 0.4) is 0 Å². The summed E-state index contributed by atoms with van der Waals surface area (Å²) < 4.78 is 26.0. The average Bonchev–Trinajstić information content (AvgIpc) is 2.85. The lowest BCUT2D eigenvalue weighted by molar-refractivity contribution is 0.373. The van der Waals surface area contributed by atoms with Gasteiger partial charge in [0.1, 0.15) is 5.02 Å². The third-order valence-electron chi connectivity index (χ3n) is 3.35. The number of hydrogen-bond donors (Lipinski definition) is 1. The lowest BCUT2D eigenvalue weighted by atomic mass is 10.3. The number of sulfonamides is 1. The molecule has 1 aliphatic rings. The van der Waals surface area contributed by atoms with E-state index >= 15 is 0 Å². The number of halogens is 1. The molecular formula is C11H15ClN2O3S. The van der Waals surface area contributed by atoms with Gasteiger partial charge in [0.25, 0.3) is 5.56 Å². The van der Waals surface area contributed by atoms with E-state index in [9.17, 15) is 13.2 Å². The maximum atomic E-state index is 12.3. The first-order chi connectivity index (χ1) is 8.43. The Kier molecular flexibility index (Phi) is 3.79. The molecular weight excluding hydrogens is 276 g/mol. The summed E-state index contributed by atoms with van der Waals surface area (Å²) in [5.41, 5.74) is -0.487. The minimum absolute atomic E-state index is 0.0292. The number of aromatic nitrogens is 1. The number of nitrogens with one attached hydrogen (secondary N) is 1. The summed E-state index contributed by atoms with van der Waals surface area (Å²) in [6.07, 6.45) is 5.06. The Morgan fingerprint density at radius 3 is 2.56 bits per heavy atom. The van der Waals surface area contributed by atoms with E-state index in [1.54, 1.807) is 7.05 Å². The number of H-pyrrole nitrogens is 1. The van der Waals surface area contributed by atoms with Crippen LogP contribution in [0, 0.1) is 0 Å². The predicted molar refractivity (Wildman–Crippen MR) is 69.3 cm³/mol. The fraction of sp³-hybridized carbons (Fsp3) is 0.545. The van der Waals surface area contributed by atoms with Crippen molar-refractivity contribution in [2.24, 2.45) is 0 Å². The normalized spacial score (nSPS) is 17.5. The molecule has 2 rings (SSSR count). The van der Waals surface area contributed by atoms with Crippen LogP contribution in [0.25, 0.3) is 0 Å². The van der Waals surface area contributed by atoms with Gasteiger partial charge in [0.05, 0.1) is 4.90 Å². The van der Waals surface area contributed by atoms with Gasteiger partial charge in [-0.25, -0.2) is 8.42 Å². The van der Waals surface area contributed by atoms with Crippen LogP contribution < -0.4 is 5.56 Å². The number of rotatable bonds is 3. The fourth-order valence-electron chi connectivity index (χ4n) is 2.22. The van der Waals surface area contributed by atoms with E-state index in [0.717, 1.165) is 25.7 Å². The first-order valence-electron chi connectivity index (χ1n) is 5.79. The highest BCUT2D eigenvalue weighted by Crippen LogP contribution is 2.27. The standard InChI is InChI=1S/C11H15ClN2O3S/c1-14(8-4-2-3-5-8)18(16,17)9-6-10(12)11(15)13-7-9/h6-8H,2-5H2,1H3,(H,13,15). The maximum absolute atomic E-state index is 12.3. The van der Waals surface area contributed by atoms with Crippen molar-refractivity contribution < 1.29 is 8.42 Å². The van der Waals surface area contributed by atoms with Gasteiger partial charge in [0.2, 0.25) is 10.0 Å². The van der Waals surface area contributed by atoms with Gasteiger partial charge in [0, 0.05) is 19.3 Å². The molecule has 0 aliphatic heterocycles. The van der Waals surface area contributed by atoms with E-state index in [1.165, 1.54) is 16.6 Å². The van der Waals surface area contributed by atoms with Crippen LogP contribution in [0.4, 0.5) is 0 Å². The van der Waals surface area contributed by atoms with Crippen LogP contribution in [0.15, 0.2) is 22.0 Å². The molecule has 1 aromatic heterocycles. The molecule has 0 atom stereocenters. The van der Waals surface area contributed by atoms with Crippen molar-refractivity contribution in [3.63, 3.8) is 0 Å². The van der Waals surface area contributed by atoms with E-state index in [1.807, 2.05) is 0 Å². The largest absolute Gasteiger partial charge is 0.326 e. The maximum Gasteiger partial charge on any atom is 0.266 e. The Morgan fingerprint density at radius 2 is 2.00 bits per heavy atom. The summed E-state index contributed by atoms with van der Waals surface area (Å²) in [6, 6.07) is 1.24. The zero-order chi connectivity index (χ0) is 13.3. The van der Waals surface area contributed by atoms with E-state index in [0.29, 0.717) is 0 Å². The third kappa shape index (κ3) is 2.46. The topological polar surface area (TPSA) is 70.2 Å². The van der Waals surface area contributed by atoms with Crippen molar-refractivity contribution in [1.29, 1.82) is 0 Å². The highest BCUT2D eigenvalue weighted by atomic mass is 35.5. The molecule has 1 saturated carbocycles. The summed E-state index contributed by atoms with van der Waals surface area (Å²) in [6.45, 7) is 0. The quantitative estimate of drug-likeness (QED) is 0.919. The third-order valence-corrected chi connectivity index (χ3v) is 5.52. The summed E-state index contributed by atoms with van der Waals surface area (Å²) in [5, 5.41) is -0.115. The Balaban J connectivity index is 2.34. The SMILES string of the molecule is CN(C1CCCC1)S(=O)(=O)c1c[nH]c(=O)c(Cl)c1. The Morgan fingerprint density at radius 1 is 1.39 bits per heavy atom. The molecule has 1 N–H and O–H groups in total. The van der Waals surface area contributed by atoms with Crippen molar-refractivity contribution in [2.45, 2.75) is 36.6 Å². The predicted octanol–water partition coefficient (Wildman–Crippen LogP) is 1.59. The number of pyridine rings is 1. The number of aromatic amines is 1. The van der Waals surface area contributed by atoms with E-state index < -0.39 is 15.6 Å². The first-order valence-corrected chi connectivity index (χ1v) is 7.61. The Bertz CT molecular complexity index is 591. The molecule has 0 spiro atoms. The number of nitrogens with zero attached hydrogens (tertiary/aromatic N) is 1. The summed E-state index contributed by atoms with van der Waals surface area (Å²) in [5.74, 6) is 0. The van der Waals surface area contributed by atoms with Gasteiger partial charge in [-0.05, 0) is 18.9 Å². The van der Waals surface area contributed by atoms with Crippen LogP contribution in [-0.4, -0.2) is 30.8 Å². The molecule has 1 heterocycles. The second-order valence-corrected chi connectivity index (χ2v) is 6.88. The highest BCUT2D eigenvalue weighted by Gasteiger charge is 2.30. The smallest absolute Gasteiger partial charge is 0.266 e. The minimum Gasteiger partial charge on any atom is -0.326 e. The molecule has 0 bridgehead atoms.